The largest absolute Gasteiger partial charge is 0.726 e. The molecule has 0 N–H and O–H groups in total. The van der Waals surface area contributed by atoms with Gasteiger partial charge in [-0.2, -0.15) is 0 Å². The summed E-state index contributed by atoms with van der Waals surface area (Å²) in [4.78, 5) is 0. The van der Waals surface area contributed by atoms with E-state index in [-0.39, 0.29) is 0 Å². The van der Waals surface area contributed by atoms with E-state index in [4.69, 9.17) is 0 Å². The van der Waals surface area contributed by atoms with Crippen molar-refractivity contribution >= 4 is 10.4 Å². The van der Waals surface area contributed by atoms with Gasteiger partial charge in [0, 0.05) is 5.56 Å². The Kier molecular flexibility index (Phi) is 6.33. The predicted octanol–water partition coefficient (Wildman–Crippen LogP) is 0.986. The summed E-state index contributed by atoms with van der Waals surface area (Å²) >= 11 is 0. The number of rotatable bonds is 3. The maximum Gasteiger partial charge on any atom is 0.217 e. The molecule has 0 spiro atoms. The van der Waals surface area contributed by atoms with Crippen LogP contribution in [0.3, 0.4) is 0 Å². The molecule has 1 aromatic rings. The molecule has 1 rings (SSSR count). The normalized spacial score (nSPS) is 11.6. The highest BCUT2D eigenvalue weighted by atomic mass is 32.3. The molecule has 0 fully saturated rings. The molecule has 1 aromatic carbocycles. The van der Waals surface area contributed by atoms with Crippen LogP contribution in [0.15, 0.2) is 30.3 Å². The van der Waals surface area contributed by atoms with E-state index in [1.165, 1.54) is 5.56 Å². The van der Waals surface area contributed by atoms with Gasteiger partial charge >= 0.3 is 0 Å². The molecule has 0 atom stereocenters. The van der Waals surface area contributed by atoms with Gasteiger partial charge in [-0.25, -0.2) is 8.42 Å². The van der Waals surface area contributed by atoms with Crippen molar-refractivity contribution in [1.82, 2.24) is 0 Å². The van der Waals surface area contributed by atoms with Crippen molar-refractivity contribution in [2.24, 2.45) is 0 Å². The Morgan fingerprint density at radius 1 is 1.18 bits per heavy atom. The number of hydrogen-bond donors (Lipinski definition) is 0. The average molecular weight is 261 g/mol. The first-order chi connectivity index (χ1) is 7.64. The molecule has 0 unspecified atom stereocenters. The van der Waals surface area contributed by atoms with Crippen LogP contribution in [0.1, 0.15) is 5.56 Å². The van der Waals surface area contributed by atoms with Crippen LogP contribution in [0.25, 0.3) is 0 Å². The van der Waals surface area contributed by atoms with Crippen molar-refractivity contribution in [2.45, 2.75) is 6.54 Å². The zero-order chi connectivity index (χ0) is 13.5. The maximum absolute atomic E-state index is 9.22. The highest BCUT2D eigenvalue weighted by Crippen LogP contribution is 2.05. The van der Waals surface area contributed by atoms with Crippen LogP contribution in [0.2, 0.25) is 0 Å². The Hall–Kier alpha value is -0.950. The summed E-state index contributed by atoms with van der Waals surface area (Å²) in [5.74, 6) is 0. The zero-order valence-corrected chi connectivity index (χ0v) is 11.4. The summed E-state index contributed by atoms with van der Waals surface area (Å²) in [6.07, 6.45) is 0. The lowest BCUT2D eigenvalue weighted by Crippen LogP contribution is -2.33. The van der Waals surface area contributed by atoms with Crippen molar-refractivity contribution in [3.05, 3.63) is 35.9 Å². The lowest BCUT2D eigenvalue weighted by molar-refractivity contribution is -0.884. The summed E-state index contributed by atoms with van der Waals surface area (Å²) in [6.45, 7) is 1.10. The first kappa shape index (κ1) is 16.1. The maximum atomic E-state index is 9.22. The molecule has 0 aliphatic rings. The third kappa shape index (κ3) is 11.3. The third-order valence-electron chi connectivity index (χ3n) is 1.70. The summed E-state index contributed by atoms with van der Waals surface area (Å²) in [7, 11) is 3.00. The molecule has 0 radical (unpaired) electrons. The van der Waals surface area contributed by atoms with Gasteiger partial charge in [-0.15, -0.1) is 0 Å². The van der Waals surface area contributed by atoms with Gasteiger partial charge in [-0.3, -0.25) is 4.18 Å². The minimum atomic E-state index is -4.41. The van der Waals surface area contributed by atoms with Gasteiger partial charge in [0.25, 0.3) is 0 Å². The fourth-order valence-electron chi connectivity index (χ4n) is 1.13. The van der Waals surface area contributed by atoms with E-state index in [0.29, 0.717) is 0 Å². The van der Waals surface area contributed by atoms with Crippen molar-refractivity contribution in [1.29, 1.82) is 0 Å². The molecule has 0 bridgehead atoms. The van der Waals surface area contributed by atoms with Gasteiger partial charge in [0.05, 0.1) is 28.3 Å². The van der Waals surface area contributed by atoms with Crippen molar-refractivity contribution in [3.63, 3.8) is 0 Å². The molecule has 0 aliphatic carbocycles. The lowest BCUT2D eigenvalue weighted by atomic mass is 10.2. The van der Waals surface area contributed by atoms with Crippen molar-refractivity contribution in [2.75, 3.05) is 28.3 Å². The lowest BCUT2D eigenvalue weighted by Gasteiger charge is -2.23. The molecule has 0 amide bonds. The number of hydrogen-bond acceptors (Lipinski definition) is 4. The summed E-state index contributed by atoms with van der Waals surface area (Å²) < 4.78 is 32.0. The summed E-state index contributed by atoms with van der Waals surface area (Å²) in [5, 5.41) is 0. The van der Waals surface area contributed by atoms with E-state index in [1.54, 1.807) is 0 Å². The highest BCUT2D eigenvalue weighted by Gasteiger charge is 2.06. The fraction of sp³-hybridized carbons (Fsp3) is 0.455. The molecular formula is C11H19NO4S. The fourth-order valence-corrected chi connectivity index (χ4v) is 1.13. The molecule has 0 saturated carbocycles. The molecule has 0 aliphatic heterocycles. The second-order valence-corrected chi connectivity index (χ2v) is 5.66. The molecule has 6 heteroatoms. The van der Waals surface area contributed by atoms with Gasteiger partial charge in [-0.1, -0.05) is 30.3 Å². The first-order valence-corrected chi connectivity index (χ1v) is 6.33. The number of benzene rings is 1. The quantitative estimate of drug-likeness (QED) is 0.462. The van der Waals surface area contributed by atoms with E-state index in [9.17, 15) is 13.0 Å². The van der Waals surface area contributed by atoms with Crippen LogP contribution in [-0.2, 0) is 21.1 Å². The van der Waals surface area contributed by atoms with Crippen LogP contribution in [-0.4, -0.2) is 45.7 Å². The van der Waals surface area contributed by atoms with Crippen LogP contribution in [0.4, 0.5) is 0 Å². The molecule has 98 valence electrons. The SMILES string of the molecule is COS(=O)(=O)[O-].C[N+](C)(C)Cc1ccccc1. The summed E-state index contributed by atoms with van der Waals surface area (Å²) in [6, 6.07) is 10.6. The van der Waals surface area contributed by atoms with Crippen molar-refractivity contribution in [3.8, 4) is 0 Å². The predicted molar refractivity (Wildman–Crippen MR) is 64.9 cm³/mol. The van der Waals surface area contributed by atoms with E-state index >= 15 is 0 Å². The minimum absolute atomic E-state index is 0.808. The Morgan fingerprint density at radius 2 is 1.59 bits per heavy atom. The van der Waals surface area contributed by atoms with E-state index in [2.05, 4.69) is 55.7 Å². The van der Waals surface area contributed by atoms with Gasteiger partial charge in [0.1, 0.15) is 6.54 Å². The van der Waals surface area contributed by atoms with Gasteiger partial charge in [0.2, 0.25) is 10.4 Å². The standard InChI is InChI=1S/C10H16N.CH4O4S/c1-11(2,3)9-10-7-5-4-6-8-10;1-5-6(2,3)4/h4-8H,9H2,1-3H3;1H3,(H,2,3,4)/q+1;/p-1. The monoisotopic (exact) mass is 261 g/mol. The first-order valence-electron chi connectivity index (χ1n) is 5.00. The number of quaternary nitrogens is 1. The van der Waals surface area contributed by atoms with Crippen molar-refractivity contribution < 1.29 is 21.6 Å². The molecule has 0 heterocycles. The second-order valence-electron chi connectivity index (χ2n) is 4.51. The van der Waals surface area contributed by atoms with E-state index in [1.807, 2.05) is 0 Å². The zero-order valence-electron chi connectivity index (χ0n) is 10.6. The van der Waals surface area contributed by atoms with Crippen LogP contribution in [0, 0.1) is 0 Å². The Morgan fingerprint density at radius 3 is 1.88 bits per heavy atom. The average Bonchev–Trinajstić information content (AvgIpc) is 2.16. The smallest absolute Gasteiger partial charge is 0.217 e. The molecule has 0 aromatic heterocycles. The molecule has 17 heavy (non-hydrogen) atoms. The molecule has 0 saturated heterocycles. The van der Waals surface area contributed by atoms with E-state index < -0.39 is 10.4 Å². The van der Waals surface area contributed by atoms with Gasteiger partial charge in [0.15, 0.2) is 0 Å². The Balaban J connectivity index is 0.000000366. The highest BCUT2D eigenvalue weighted by molar-refractivity contribution is 7.80. The molecule has 5 nitrogen and oxygen atoms in total. The van der Waals surface area contributed by atoms with Gasteiger partial charge < -0.3 is 9.04 Å². The second kappa shape index (κ2) is 6.70. The Labute approximate surface area is 103 Å². The Bertz CT molecular complexity index is 409. The molecular weight excluding hydrogens is 242 g/mol. The summed E-state index contributed by atoms with van der Waals surface area (Å²) in [5.41, 5.74) is 1.40. The van der Waals surface area contributed by atoms with E-state index in [0.717, 1.165) is 18.1 Å². The van der Waals surface area contributed by atoms with Gasteiger partial charge in [-0.05, 0) is 0 Å². The number of nitrogens with zero attached hydrogens (tertiary/aromatic N) is 1. The van der Waals surface area contributed by atoms with Crippen LogP contribution >= 0.6 is 0 Å². The third-order valence-corrected chi connectivity index (χ3v) is 2.11. The van der Waals surface area contributed by atoms with Crippen LogP contribution < -0.4 is 0 Å². The topological polar surface area (TPSA) is 66.4 Å². The van der Waals surface area contributed by atoms with Crippen LogP contribution in [0.5, 0.6) is 0 Å². The minimum Gasteiger partial charge on any atom is -0.726 e.